The van der Waals surface area contributed by atoms with Crippen molar-refractivity contribution in [1.29, 1.82) is 0 Å². The van der Waals surface area contributed by atoms with E-state index in [0.29, 0.717) is 57.9 Å². The zero-order valence-electron chi connectivity index (χ0n) is 22.0. The van der Waals surface area contributed by atoms with Crippen LogP contribution in [-0.4, -0.2) is 35.8 Å². The Morgan fingerprint density at radius 1 is 1.18 bits per heavy atom. The highest BCUT2D eigenvalue weighted by Gasteiger charge is 2.52. The fourth-order valence-corrected chi connectivity index (χ4v) is 6.50. The molecule has 3 aromatic rings. The highest BCUT2D eigenvalue weighted by Crippen LogP contribution is 2.47. The molecule has 0 N–H and O–H groups in total. The molecule has 0 radical (unpaired) electrons. The lowest BCUT2D eigenvalue weighted by atomic mass is 10.0. The predicted molar refractivity (Wildman–Crippen MR) is 148 cm³/mol. The summed E-state index contributed by atoms with van der Waals surface area (Å²) in [7, 11) is 0. The van der Waals surface area contributed by atoms with Gasteiger partial charge in [-0.15, -0.1) is 0 Å². The Balaban J connectivity index is 1.14. The lowest BCUT2D eigenvalue weighted by Gasteiger charge is -2.31. The second-order valence-electron chi connectivity index (χ2n) is 10.6. The average Bonchev–Trinajstić information content (AvgIpc) is 3.43. The third-order valence-corrected chi connectivity index (χ3v) is 8.66. The van der Waals surface area contributed by atoms with Crippen molar-refractivity contribution < 1.29 is 28.0 Å². The number of benzene rings is 2. The van der Waals surface area contributed by atoms with Crippen LogP contribution in [0.3, 0.4) is 0 Å². The number of carbonyl (C=O) groups is 2. The number of hydrogen-bond donors (Lipinski definition) is 0. The number of aryl methyl sites for hydroxylation is 1. The quantitative estimate of drug-likeness (QED) is 0.241. The molecule has 3 atom stereocenters. The molecule has 2 saturated carbocycles. The zero-order chi connectivity index (χ0) is 28.0. The first kappa shape index (κ1) is 27.2. The number of carbonyl (C=O) groups excluding carboxylic acids is 2. The SMILES string of the molecule is CCOC(=O)CCc1ccc(N2C(=O)[C@@H]3C[C@H]2C[C@H]3OCc2c(-c3c(Cl)cccc3Cl)noc2C2CC2)cc1F. The second-order valence-corrected chi connectivity index (χ2v) is 11.4. The van der Waals surface area contributed by atoms with Gasteiger partial charge in [0.2, 0.25) is 5.91 Å². The molecule has 1 aromatic heterocycles. The molecule has 10 heteroatoms. The van der Waals surface area contributed by atoms with Crippen LogP contribution in [0.15, 0.2) is 40.9 Å². The Morgan fingerprint density at radius 3 is 2.62 bits per heavy atom. The largest absolute Gasteiger partial charge is 0.466 e. The maximum Gasteiger partial charge on any atom is 0.306 e. The number of piperidine rings is 1. The van der Waals surface area contributed by atoms with Gasteiger partial charge in [-0.25, -0.2) is 4.39 Å². The molecule has 2 heterocycles. The van der Waals surface area contributed by atoms with E-state index in [1.807, 2.05) is 0 Å². The summed E-state index contributed by atoms with van der Waals surface area (Å²) in [5, 5.41) is 5.28. The van der Waals surface area contributed by atoms with Crippen molar-refractivity contribution in [1.82, 2.24) is 5.16 Å². The van der Waals surface area contributed by atoms with Crippen LogP contribution >= 0.6 is 23.2 Å². The molecular weight excluding hydrogens is 558 g/mol. The Kier molecular flexibility index (Phi) is 7.59. The Hall–Kier alpha value is -2.94. The molecule has 1 saturated heterocycles. The van der Waals surface area contributed by atoms with Crippen LogP contribution in [0.25, 0.3) is 11.3 Å². The number of esters is 1. The third kappa shape index (κ3) is 5.13. The monoisotopic (exact) mass is 586 g/mol. The summed E-state index contributed by atoms with van der Waals surface area (Å²) in [6.07, 6.45) is 3.44. The molecule has 40 heavy (non-hydrogen) atoms. The second kappa shape index (κ2) is 11.1. The van der Waals surface area contributed by atoms with Crippen molar-refractivity contribution in [3.63, 3.8) is 0 Å². The fraction of sp³-hybridized carbons (Fsp3) is 0.433. The minimum atomic E-state index is -0.434. The van der Waals surface area contributed by atoms with Crippen LogP contribution < -0.4 is 4.90 Å². The first-order valence-electron chi connectivity index (χ1n) is 13.7. The topological polar surface area (TPSA) is 81.9 Å². The molecule has 2 bridgehead atoms. The van der Waals surface area contributed by atoms with Gasteiger partial charge in [0.25, 0.3) is 0 Å². The summed E-state index contributed by atoms with van der Waals surface area (Å²) in [5.74, 6) is -0.0817. The van der Waals surface area contributed by atoms with Crippen molar-refractivity contribution in [2.24, 2.45) is 5.92 Å². The van der Waals surface area contributed by atoms with Gasteiger partial charge in [-0.3, -0.25) is 9.59 Å². The van der Waals surface area contributed by atoms with E-state index in [-0.39, 0.29) is 49.4 Å². The molecule has 1 aliphatic heterocycles. The molecule has 3 fully saturated rings. The molecule has 210 valence electrons. The van der Waals surface area contributed by atoms with Gasteiger partial charge in [0.05, 0.1) is 35.3 Å². The van der Waals surface area contributed by atoms with Crippen molar-refractivity contribution in [3.8, 4) is 11.3 Å². The Bertz CT molecular complexity index is 1440. The number of fused-ring (bicyclic) bond motifs is 2. The molecule has 0 spiro atoms. The summed E-state index contributed by atoms with van der Waals surface area (Å²) < 4.78 is 31.9. The van der Waals surface area contributed by atoms with Gasteiger partial charge in [-0.2, -0.15) is 0 Å². The van der Waals surface area contributed by atoms with Crippen LogP contribution in [0.5, 0.6) is 0 Å². The minimum absolute atomic E-state index is 0.0676. The standard InChI is InChI=1S/C30H29Cl2FN2O5/c1-2-38-26(36)11-9-16-8-10-18(13-24(16)33)35-19-12-20(30(35)37)25(14-19)39-15-21-28(34-40-29(21)17-6-7-17)27-22(31)4-3-5-23(27)32/h3-5,8,10,13,17,19-20,25H,2,6-7,9,11-12,14-15H2,1H3/t19-,20+,25+/m0/s1. The smallest absolute Gasteiger partial charge is 0.306 e. The van der Waals surface area contributed by atoms with Crippen LogP contribution in [-0.2, 0) is 32.1 Å². The molecule has 2 aromatic carbocycles. The van der Waals surface area contributed by atoms with Crippen molar-refractivity contribution in [3.05, 3.63) is 69.1 Å². The molecule has 7 nitrogen and oxygen atoms in total. The van der Waals surface area contributed by atoms with E-state index in [4.69, 9.17) is 37.2 Å². The Morgan fingerprint density at radius 2 is 1.95 bits per heavy atom. The lowest BCUT2D eigenvalue weighted by Crippen LogP contribution is -2.43. The van der Waals surface area contributed by atoms with Gasteiger partial charge in [-0.1, -0.05) is 40.5 Å². The van der Waals surface area contributed by atoms with Crippen molar-refractivity contribution >= 4 is 40.8 Å². The van der Waals surface area contributed by atoms with Crippen molar-refractivity contribution in [2.75, 3.05) is 11.5 Å². The average molecular weight is 587 g/mol. The number of rotatable bonds is 10. The van der Waals surface area contributed by atoms with E-state index in [1.54, 1.807) is 42.2 Å². The van der Waals surface area contributed by atoms with Gasteiger partial charge in [0.15, 0.2) is 0 Å². The van der Waals surface area contributed by atoms with Crippen LogP contribution in [0.1, 0.15) is 61.8 Å². The van der Waals surface area contributed by atoms with E-state index in [0.717, 1.165) is 24.2 Å². The molecular formula is C30H29Cl2FN2O5. The first-order chi connectivity index (χ1) is 19.4. The van der Waals surface area contributed by atoms with E-state index in [9.17, 15) is 14.0 Å². The number of anilines is 1. The summed E-state index contributed by atoms with van der Waals surface area (Å²) in [4.78, 5) is 26.7. The van der Waals surface area contributed by atoms with Gasteiger partial charge >= 0.3 is 5.97 Å². The van der Waals surface area contributed by atoms with Gasteiger partial charge in [-0.05, 0) is 68.9 Å². The van der Waals surface area contributed by atoms with E-state index in [1.165, 1.54) is 6.07 Å². The van der Waals surface area contributed by atoms with E-state index in [2.05, 4.69) is 5.16 Å². The maximum absolute atomic E-state index is 14.9. The summed E-state index contributed by atoms with van der Waals surface area (Å²) in [5.41, 5.74) is 2.96. The highest BCUT2D eigenvalue weighted by atomic mass is 35.5. The van der Waals surface area contributed by atoms with Gasteiger partial charge < -0.3 is 18.9 Å². The molecule has 2 aliphatic carbocycles. The maximum atomic E-state index is 14.9. The lowest BCUT2D eigenvalue weighted by molar-refractivity contribution is -0.143. The number of nitrogens with zero attached hydrogens (tertiary/aromatic N) is 2. The number of aromatic nitrogens is 1. The normalized spacial score (nSPS) is 21.9. The molecule has 3 aliphatic rings. The van der Waals surface area contributed by atoms with Crippen LogP contribution in [0.2, 0.25) is 10.0 Å². The van der Waals surface area contributed by atoms with Gasteiger partial charge in [0.1, 0.15) is 17.3 Å². The fourth-order valence-electron chi connectivity index (χ4n) is 5.92. The zero-order valence-corrected chi connectivity index (χ0v) is 23.5. The number of halogens is 3. The molecule has 1 amide bonds. The third-order valence-electron chi connectivity index (χ3n) is 8.03. The Labute approximate surface area is 241 Å². The summed E-state index contributed by atoms with van der Waals surface area (Å²) in [6.45, 7) is 2.26. The highest BCUT2D eigenvalue weighted by molar-refractivity contribution is 6.39. The predicted octanol–water partition coefficient (Wildman–Crippen LogP) is 6.87. The van der Waals surface area contributed by atoms with Crippen LogP contribution in [0, 0.1) is 11.7 Å². The van der Waals surface area contributed by atoms with E-state index >= 15 is 0 Å². The molecule has 0 unspecified atom stereocenters. The summed E-state index contributed by atoms with van der Waals surface area (Å²) in [6, 6.07) is 10.0. The van der Waals surface area contributed by atoms with E-state index < -0.39 is 5.82 Å². The van der Waals surface area contributed by atoms with Gasteiger partial charge in [0, 0.05) is 35.2 Å². The number of amides is 1. The first-order valence-corrected chi connectivity index (χ1v) is 14.4. The van der Waals surface area contributed by atoms with Crippen molar-refractivity contribution in [2.45, 2.75) is 70.1 Å². The number of hydrogen-bond acceptors (Lipinski definition) is 6. The summed E-state index contributed by atoms with van der Waals surface area (Å²) >= 11 is 12.9. The number of ether oxygens (including phenoxy) is 2. The van der Waals surface area contributed by atoms with Crippen LogP contribution in [0.4, 0.5) is 10.1 Å². The molecule has 6 rings (SSSR count). The minimum Gasteiger partial charge on any atom is -0.466 e.